The molecule has 0 saturated carbocycles. The molecule has 0 amide bonds. The molecular formula is C21H33FN2O3S. The third kappa shape index (κ3) is 9.57. The fourth-order valence-electron chi connectivity index (χ4n) is 2.50. The second-order valence-corrected chi connectivity index (χ2v) is 7.63. The van der Waals surface area contributed by atoms with Crippen molar-refractivity contribution >= 4 is 17.9 Å². The quantitative estimate of drug-likeness (QED) is 0.200. The van der Waals surface area contributed by atoms with E-state index in [1.807, 2.05) is 7.05 Å². The van der Waals surface area contributed by atoms with Gasteiger partial charge in [0, 0.05) is 11.8 Å². The number of carbonyl (C=O) groups excluding carboxylic acids is 1. The van der Waals surface area contributed by atoms with Crippen LogP contribution in [0.4, 0.5) is 4.39 Å². The number of halogens is 1. The van der Waals surface area contributed by atoms with Gasteiger partial charge in [0.1, 0.15) is 6.61 Å². The lowest BCUT2D eigenvalue weighted by atomic mass is 10.1. The Morgan fingerprint density at radius 1 is 1.39 bits per heavy atom. The van der Waals surface area contributed by atoms with Crippen molar-refractivity contribution in [1.29, 1.82) is 0 Å². The van der Waals surface area contributed by atoms with Gasteiger partial charge in [0.2, 0.25) is 0 Å². The summed E-state index contributed by atoms with van der Waals surface area (Å²) in [4.78, 5) is 11.2. The third-order valence-corrected chi connectivity index (χ3v) is 5.40. The van der Waals surface area contributed by atoms with E-state index in [0.717, 1.165) is 37.1 Å². The largest absolute Gasteiger partial charge is 0.486 e. The zero-order valence-electron chi connectivity index (χ0n) is 17.2. The Balaban J connectivity index is 2.25. The van der Waals surface area contributed by atoms with Crippen molar-refractivity contribution in [2.75, 3.05) is 39.1 Å². The Labute approximate surface area is 172 Å². The SMILES string of the molecule is C=CCOc1cc([C@H](C)N(C)SCCCCCNCC(=O)OCC)ccc1F. The van der Waals surface area contributed by atoms with Gasteiger partial charge in [-0.25, -0.2) is 8.70 Å². The summed E-state index contributed by atoms with van der Waals surface area (Å²) in [6.45, 7) is 9.29. The summed E-state index contributed by atoms with van der Waals surface area (Å²) >= 11 is 1.77. The number of esters is 1. The Kier molecular flexibility index (Phi) is 12.6. The summed E-state index contributed by atoms with van der Waals surface area (Å²) in [5.41, 5.74) is 1.01. The first kappa shape index (κ1) is 24.5. The summed E-state index contributed by atoms with van der Waals surface area (Å²) in [5, 5.41) is 3.09. The van der Waals surface area contributed by atoms with Gasteiger partial charge in [0.05, 0.1) is 13.2 Å². The lowest BCUT2D eigenvalue weighted by Crippen LogP contribution is -2.25. The second kappa shape index (κ2) is 14.4. The van der Waals surface area contributed by atoms with E-state index >= 15 is 0 Å². The van der Waals surface area contributed by atoms with Crippen LogP contribution in [0.1, 0.15) is 44.7 Å². The zero-order chi connectivity index (χ0) is 20.8. The molecule has 0 aliphatic heterocycles. The van der Waals surface area contributed by atoms with Gasteiger partial charge in [-0.15, -0.1) is 0 Å². The normalized spacial score (nSPS) is 12.0. The molecule has 0 bridgehead atoms. The van der Waals surface area contributed by atoms with Gasteiger partial charge in [0.15, 0.2) is 11.6 Å². The molecule has 0 unspecified atom stereocenters. The molecule has 7 heteroatoms. The van der Waals surface area contributed by atoms with Crippen molar-refractivity contribution in [3.63, 3.8) is 0 Å². The predicted molar refractivity (Wildman–Crippen MR) is 114 cm³/mol. The van der Waals surface area contributed by atoms with Gasteiger partial charge in [-0.2, -0.15) is 0 Å². The zero-order valence-corrected chi connectivity index (χ0v) is 18.0. The molecule has 1 aromatic carbocycles. The van der Waals surface area contributed by atoms with Gasteiger partial charge in [-0.3, -0.25) is 4.79 Å². The van der Waals surface area contributed by atoms with Gasteiger partial charge >= 0.3 is 5.97 Å². The van der Waals surface area contributed by atoms with Crippen molar-refractivity contribution in [2.45, 2.75) is 39.2 Å². The number of carbonyl (C=O) groups is 1. The highest BCUT2D eigenvalue weighted by Crippen LogP contribution is 2.29. The molecule has 0 fully saturated rings. The van der Waals surface area contributed by atoms with Crippen LogP contribution in [0.15, 0.2) is 30.9 Å². The fourth-order valence-corrected chi connectivity index (χ4v) is 3.47. The van der Waals surface area contributed by atoms with Crippen LogP contribution in [0, 0.1) is 5.82 Å². The molecular weight excluding hydrogens is 379 g/mol. The Morgan fingerprint density at radius 2 is 2.18 bits per heavy atom. The minimum absolute atomic E-state index is 0.142. The fraction of sp³-hybridized carbons (Fsp3) is 0.571. The molecule has 28 heavy (non-hydrogen) atoms. The van der Waals surface area contributed by atoms with Crippen LogP contribution >= 0.6 is 11.9 Å². The number of hydrogen-bond acceptors (Lipinski definition) is 6. The highest BCUT2D eigenvalue weighted by Gasteiger charge is 2.14. The Morgan fingerprint density at radius 3 is 2.89 bits per heavy atom. The van der Waals surface area contributed by atoms with Crippen molar-refractivity contribution in [1.82, 2.24) is 9.62 Å². The van der Waals surface area contributed by atoms with Gasteiger partial charge in [0.25, 0.3) is 0 Å². The van der Waals surface area contributed by atoms with E-state index in [1.54, 1.807) is 37.1 Å². The molecule has 158 valence electrons. The van der Waals surface area contributed by atoms with Crippen molar-refractivity contribution in [2.24, 2.45) is 0 Å². The maximum absolute atomic E-state index is 13.8. The van der Waals surface area contributed by atoms with Crippen LogP contribution in [0.5, 0.6) is 5.75 Å². The second-order valence-electron chi connectivity index (χ2n) is 6.39. The molecule has 5 nitrogen and oxygen atoms in total. The van der Waals surface area contributed by atoms with E-state index in [9.17, 15) is 9.18 Å². The molecule has 0 aliphatic carbocycles. The summed E-state index contributed by atoms with van der Waals surface area (Å²) in [6, 6.07) is 5.15. The van der Waals surface area contributed by atoms with E-state index in [2.05, 4.69) is 23.1 Å². The Hall–Kier alpha value is -1.57. The number of ether oxygens (including phenoxy) is 2. The summed E-state index contributed by atoms with van der Waals surface area (Å²) in [5.74, 6) is 0.717. The predicted octanol–water partition coefficient (Wildman–Crippen LogP) is 4.35. The maximum Gasteiger partial charge on any atom is 0.319 e. The first-order valence-electron chi connectivity index (χ1n) is 9.74. The summed E-state index contributed by atoms with van der Waals surface area (Å²) in [6.07, 6.45) is 4.83. The number of unbranched alkanes of at least 4 members (excludes halogenated alkanes) is 2. The van der Waals surface area contributed by atoms with Crippen molar-refractivity contribution < 1.29 is 18.7 Å². The van der Waals surface area contributed by atoms with Gasteiger partial charge < -0.3 is 14.8 Å². The smallest absolute Gasteiger partial charge is 0.319 e. The number of nitrogens with zero attached hydrogens (tertiary/aromatic N) is 1. The van der Waals surface area contributed by atoms with Crippen LogP contribution in [0.3, 0.4) is 0 Å². The molecule has 0 heterocycles. The highest BCUT2D eigenvalue weighted by atomic mass is 32.2. The lowest BCUT2D eigenvalue weighted by molar-refractivity contribution is -0.141. The first-order valence-corrected chi connectivity index (χ1v) is 10.7. The summed E-state index contributed by atoms with van der Waals surface area (Å²) < 4.78 is 26.2. The number of rotatable bonds is 15. The number of hydrogen-bond donors (Lipinski definition) is 1. The van der Waals surface area contributed by atoms with Crippen LogP contribution in [-0.4, -0.2) is 49.4 Å². The third-order valence-electron chi connectivity index (χ3n) is 4.21. The average molecular weight is 413 g/mol. The Bertz CT molecular complexity index is 601. The van der Waals surface area contributed by atoms with Crippen molar-refractivity contribution in [3.05, 3.63) is 42.2 Å². The standard InChI is InChI=1S/C21H33FN2O3S/c1-5-13-27-20-15-18(10-11-19(20)22)17(3)24(4)28-14-9-7-8-12-23-16-21(25)26-6-2/h5,10-11,15,17,23H,1,6-9,12-14,16H2,2-4H3/t17-/m0/s1. The van der Waals surface area contributed by atoms with Crippen molar-refractivity contribution in [3.8, 4) is 5.75 Å². The first-order chi connectivity index (χ1) is 13.5. The summed E-state index contributed by atoms with van der Waals surface area (Å²) in [7, 11) is 2.05. The van der Waals surface area contributed by atoms with Crippen LogP contribution in [0.25, 0.3) is 0 Å². The number of nitrogens with one attached hydrogen (secondary N) is 1. The van der Waals surface area contributed by atoms with Crippen LogP contribution < -0.4 is 10.1 Å². The molecule has 1 aromatic rings. The van der Waals surface area contributed by atoms with E-state index in [0.29, 0.717) is 6.61 Å². The molecule has 1 atom stereocenters. The maximum atomic E-state index is 13.8. The van der Waals surface area contributed by atoms with Gasteiger partial charge in [-0.05, 0) is 58.0 Å². The van der Waals surface area contributed by atoms with Gasteiger partial charge in [-0.1, -0.05) is 37.1 Å². The minimum atomic E-state index is -0.357. The molecule has 0 aromatic heterocycles. The topological polar surface area (TPSA) is 50.8 Å². The van der Waals surface area contributed by atoms with E-state index < -0.39 is 0 Å². The highest BCUT2D eigenvalue weighted by molar-refractivity contribution is 7.96. The molecule has 0 radical (unpaired) electrons. The minimum Gasteiger partial charge on any atom is -0.486 e. The van der Waals surface area contributed by atoms with Crippen LogP contribution in [-0.2, 0) is 9.53 Å². The number of benzene rings is 1. The van der Waals surface area contributed by atoms with Crippen LogP contribution in [0.2, 0.25) is 0 Å². The lowest BCUT2D eigenvalue weighted by Gasteiger charge is -2.24. The van der Waals surface area contributed by atoms with E-state index in [-0.39, 0.29) is 36.7 Å². The average Bonchev–Trinajstić information content (AvgIpc) is 2.68. The molecule has 0 spiro atoms. The van der Waals surface area contributed by atoms with E-state index in [4.69, 9.17) is 9.47 Å². The monoisotopic (exact) mass is 412 g/mol. The molecule has 0 aliphatic rings. The molecule has 1 rings (SSSR count). The molecule has 1 N–H and O–H groups in total. The van der Waals surface area contributed by atoms with E-state index in [1.165, 1.54) is 6.07 Å². The molecule has 0 saturated heterocycles.